The summed E-state index contributed by atoms with van der Waals surface area (Å²) in [7, 11) is -2.31. The summed E-state index contributed by atoms with van der Waals surface area (Å²) in [5.74, 6) is 0. The minimum absolute atomic E-state index is 0.165. The highest BCUT2D eigenvalue weighted by Gasteiger charge is 2.04. The topological polar surface area (TPSA) is 49.7 Å². The summed E-state index contributed by atoms with van der Waals surface area (Å²) in [6.07, 6.45) is 1.85. The van der Waals surface area contributed by atoms with E-state index in [0.29, 0.717) is 0 Å². The van der Waals surface area contributed by atoms with E-state index in [1.165, 1.54) is 0 Å². The van der Waals surface area contributed by atoms with Crippen LogP contribution >= 0.6 is 8.60 Å². The van der Waals surface area contributed by atoms with Crippen molar-refractivity contribution < 1.29 is 14.3 Å². The molecule has 0 aromatic heterocycles. The lowest BCUT2D eigenvalue weighted by molar-refractivity contribution is 0.282. The fraction of sp³-hybridized carbons (Fsp3) is 0.0667. The van der Waals surface area contributed by atoms with Gasteiger partial charge in [0.25, 0.3) is 0 Å². The van der Waals surface area contributed by atoms with Crippen LogP contribution in [0.15, 0.2) is 66.7 Å². The molecule has 98 valence electrons. The molecule has 2 rings (SSSR count). The van der Waals surface area contributed by atoms with Gasteiger partial charge in [0.05, 0.1) is 6.61 Å². The van der Waals surface area contributed by atoms with Gasteiger partial charge in [0.2, 0.25) is 0 Å². The minimum Gasteiger partial charge on any atom is -0.328 e. The first kappa shape index (κ1) is 13.9. The Labute approximate surface area is 113 Å². The predicted octanol–water partition coefficient (Wildman–Crippen LogP) is 3.35. The standard InChI is InChI=1S/C15H15O3P/c16-19(17)18-12-11-15(13-7-3-1-4-8-13)14-9-5-2-6-10-14/h1-11,16-17H,12H2. The Bertz CT molecular complexity index is 482. The summed E-state index contributed by atoms with van der Waals surface area (Å²) < 4.78 is 4.81. The lowest BCUT2D eigenvalue weighted by atomic mass is 9.98. The Hall–Kier alpha value is -1.51. The van der Waals surface area contributed by atoms with Gasteiger partial charge < -0.3 is 14.3 Å². The molecule has 0 unspecified atom stereocenters. The predicted molar refractivity (Wildman–Crippen MR) is 77.3 cm³/mol. The number of hydrogen-bond acceptors (Lipinski definition) is 3. The second-order valence-corrected chi connectivity index (χ2v) is 4.66. The second kappa shape index (κ2) is 7.17. The average Bonchev–Trinajstić information content (AvgIpc) is 2.45. The quantitative estimate of drug-likeness (QED) is 0.822. The van der Waals surface area contributed by atoms with Crippen molar-refractivity contribution in [3.63, 3.8) is 0 Å². The van der Waals surface area contributed by atoms with Gasteiger partial charge in [-0.2, -0.15) is 0 Å². The first-order valence-electron chi connectivity index (χ1n) is 5.89. The molecule has 0 aliphatic carbocycles. The molecule has 0 saturated carbocycles. The Morgan fingerprint density at radius 3 is 1.79 bits per heavy atom. The van der Waals surface area contributed by atoms with Gasteiger partial charge in [-0.05, 0) is 22.8 Å². The highest BCUT2D eigenvalue weighted by atomic mass is 31.2. The van der Waals surface area contributed by atoms with Crippen LogP contribution in [-0.2, 0) is 4.52 Å². The Kier molecular flexibility index (Phi) is 5.25. The normalized spacial score (nSPS) is 10.5. The summed E-state index contributed by atoms with van der Waals surface area (Å²) in [6, 6.07) is 19.9. The van der Waals surface area contributed by atoms with E-state index in [-0.39, 0.29) is 6.61 Å². The van der Waals surface area contributed by atoms with Crippen LogP contribution in [0, 0.1) is 0 Å². The number of benzene rings is 2. The summed E-state index contributed by atoms with van der Waals surface area (Å²) in [5.41, 5.74) is 3.15. The largest absolute Gasteiger partial charge is 0.328 e. The average molecular weight is 274 g/mol. The molecule has 2 N–H and O–H groups in total. The Morgan fingerprint density at radius 1 is 0.895 bits per heavy atom. The van der Waals surface area contributed by atoms with Crippen molar-refractivity contribution in [3.8, 4) is 0 Å². The zero-order valence-corrected chi connectivity index (χ0v) is 11.2. The highest BCUT2D eigenvalue weighted by molar-refractivity contribution is 7.39. The van der Waals surface area contributed by atoms with Crippen LogP contribution in [0.2, 0.25) is 0 Å². The van der Waals surface area contributed by atoms with Gasteiger partial charge in [0.1, 0.15) is 0 Å². The third-order valence-electron chi connectivity index (χ3n) is 2.65. The van der Waals surface area contributed by atoms with E-state index in [1.807, 2.05) is 66.7 Å². The highest BCUT2D eigenvalue weighted by Crippen LogP contribution is 2.27. The third kappa shape index (κ3) is 4.27. The van der Waals surface area contributed by atoms with E-state index in [1.54, 1.807) is 0 Å². The van der Waals surface area contributed by atoms with Crippen molar-refractivity contribution in [1.82, 2.24) is 0 Å². The number of rotatable bonds is 5. The molecule has 0 aliphatic heterocycles. The zero-order valence-electron chi connectivity index (χ0n) is 10.3. The van der Waals surface area contributed by atoms with Crippen molar-refractivity contribution >= 4 is 14.2 Å². The van der Waals surface area contributed by atoms with Crippen molar-refractivity contribution in [2.75, 3.05) is 6.61 Å². The van der Waals surface area contributed by atoms with Gasteiger partial charge in [-0.25, -0.2) is 0 Å². The van der Waals surface area contributed by atoms with E-state index in [9.17, 15) is 0 Å². The van der Waals surface area contributed by atoms with Gasteiger partial charge in [-0.1, -0.05) is 60.7 Å². The lowest BCUT2D eigenvalue weighted by Gasteiger charge is -2.09. The zero-order chi connectivity index (χ0) is 13.5. The van der Waals surface area contributed by atoms with Gasteiger partial charge in [0.15, 0.2) is 0 Å². The molecule has 0 atom stereocenters. The Balaban J connectivity index is 2.29. The van der Waals surface area contributed by atoms with Crippen LogP contribution in [0.1, 0.15) is 11.1 Å². The summed E-state index contributed by atoms with van der Waals surface area (Å²) in [4.78, 5) is 17.6. The van der Waals surface area contributed by atoms with Crippen LogP contribution in [0.5, 0.6) is 0 Å². The molecule has 0 fully saturated rings. The molecule has 0 radical (unpaired) electrons. The van der Waals surface area contributed by atoms with Crippen LogP contribution in [0.3, 0.4) is 0 Å². The maximum Gasteiger partial charge on any atom is 0.327 e. The first-order valence-corrected chi connectivity index (χ1v) is 7.05. The van der Waals surface area contributed by atoms with E-state index in [0.717, 1.165) is 16.7 Å². The maximum absolute atomic E-state index is 8.78. The molecule has 0 aliphatic rings. The van der Waals surface area contributed by atoms with Crippen LogP contribution in [0.4, 0.5) is 0 Å². The molecule has 0 saturated heterocycles. The smallest absolute Gasteiger partial charge is 0.327 e. The van der Waals surface area contributed by atoms with E-state index in [2.05, 4.69) is 0 Å². The van der Waals surface area contributed by atoms with Crippen LogP contribution < -0.4 is 0 Å². The lowest BCUT2D eigenvalue weighted by Crippen LogP contribution is -1.91. The van der Waals surface area contributed by atoms with E-state index >= 15 is 0 Å². The van der Waals surface area contributed by atoms with Gasteiger partial charge in [-0.3, -0.25) is 0 Å². The van der Waals surface area contributed by atoms with Gasteiger partial charge in [0, 0.05) is 0 Å². The molecular formula is C15H15O3P. The van der Waals surface area contributed by atoms with Crippen molar-refractivity contribution in [3.05, 3.63) is 77.9 Å². The third-order valence-corrected chi connectivity index (χ3v) is 3.03. The minimum atomic E-state index is -2.31. The SMILES string of the molecule is OP(O)OCC=C(c1ccccc1)c1ccccc1. The fourth-order valence-electron chi connectivity index (χ4n) is 1.83. The molecule has 0 spiro atoms. The Morgan fingerprint density at radius 2 is 1.37 bits per heavy atom. The summed E-state index contributed by atoms with van der Waals surface area (Å²) >= 11 is 0. The number of hydrogen-bond donors (Lipinski definition) is 2. The molecule has 0 amide bonds. The molecule has 3 nitrogen and oxygen atoms in total. The van der Waals surface area contributed by atoms with Crippen molar-refractivity contribution in [2.24, 2.45) is 0 Å². The van der Waals surface area contributed by atoms with E-state index in [4.69, 9.17) is 14.3 Å². The monoisotopic (exact) mass is 274 g/mol. The van der Waals surface area contributed by atoms with Crippen LogP contribution in [0.25, 0.3) is 5.57 Å². The van der Waals surface area contributed by atoms with Crippen LogP contribution in [-0.4, -0.2) is 16.4 Å². The molecule has 2 aromatic rings. The summed E-state index contributed by atoms with van der Waals surface area (Å²) in [5, 5.41) is 0. The molecule has 0 heterocycles. The van der Waals surface area contributed by atoms with Gasteiger partial charge >= 0.3 is 8.60 Å². The maximum atomic E-state index is 8.78. The summed E-state index contributed by atoms with van der Waals surface area (Å²) in [6.45, 7) is 0.165. The first-order chi connectivity index (χ1) is 9.27. The van der Waals surface area contributed by atoms with Crippen molar-refractivity contribution in [2.45, 2.75) is 0 Å². The molecule has 0 bridgehead atoms. The molecule has 19 heavy (non-hydrogen) atoms. The molecule has 2 aromatic carbocycles. The fourth-order valence-corrected chi connectivity index (χ4v) is 2.03. The second-order valence-electron chi connectivity index (χ2n) is 3.90. The van der Waals surface area contributed by atoms with Gasteiger partial charge in [-0.15, -0.1) is 0 Å². The molecule has 4 heteroatoms. The molecular weight excluding hydrogens is 259 g/mol. The van der Waals surface area contributed by atoms with Crippen molar-refractivity contribution in [1.29, 1.82) is 0 Å². The van der Waals surface area contributed by atoms with E-state index < -0.39 is 8.60 Å².